The molecule has 0 amide bonds. The van der Waals surface area contributed by atoms with E-state index < -0.39 is 0 Å². The van der Waals surface area contributed by atoms with Gasteiger partial charge in [-0.05, 0) is 47.5 Å². The average molecular weight is 869 g/mol. The summed E-state index contributed by atoms with van der Waals surface area (Å²) in [5, 5.41) is 10.2. The fourth-order valence-corrected chi connectivity index (χ4v) is 13.7. The van der Waals surface area contributed by atoms with Crippen molar-refractivity contribution in [2.75, 3.05) is 0 Å². The van der Waals surface area contributed by atoms with Crippen LogP contribution in [0.15, 0.2) is 194 Å². The topological polar surface area (TPSA) is 43.6 Å². The van der Waals surface area contributed by atoms with Crippen LogP contribution in [0.2, 0.25) is 0 Å². The van der Waals surface area contributed by atoms with Gasteiger partial charge in [-0.3, -0.25) is 0 Å². The monoisotopic (exact) mass is 868 g/mol. The van der Waals surface area contributed by atoms with Crippen molar-refractivity contribution < 1.29 is 0 Å². The van der Waals surface area contributed by atoms with Crippen LogP contribution in [0, 0.1) is 0 Å². The third-order valence-electron chi connectivity index (χ3n) is 12.7. The molecule has 64 heavy (non-hydrogen) atoms. The van der Waals surface area contributed by atoms with Crippen molar-refractivity contribution in [2.24, 2.45) is 0 Å². The van der Waals surface area contributed by atoms with E-state index in [1.54, 1.807) is 0 Å². The Labute approximate surface area is 378 Å². The second-order valence-corrected chi connectivity index (χ2v) is 19.4. The number of fused-ring (bicyclic) bond motifs is 13. The maximum absolute atomic E-state index is 5.14. The van der Waals surface area contributed by atoms with Crippen molar-refractivity contribution in [3.8, 4) is 51.0 Å². The Bertz CT molecular complexity index is 4140. The standard InChI is InChI=1S/C57H32N4S3/c1-3-14-33(15-4-1)55-58-56(34-16-5-2-6-17-34)60-57(59-55)44-24-12-22-39-41-23-13-26-48(52(41)63-51(39)44)61-46-25-9-7-18-37(46)45-32-35(28-31-47(45)61)36-20-11-21-40-43-30-29-42-38-19-8-10-27-49(38)62-53(42)54(43)64-50(36)40/h1-32H. The zero-order valence-corrected chi connectivity index (χ0v) is 36.4. The van der Waals surface area contributed by atoms with Crippen LogP contribution in [-0.2, 0) is 0 Å². The Kier molecular flexibility index (Phi) is 7.86. The molecule has 0 aliphatic rings. The Balaban J connectivity index is 0.950. The molecule has 0 saturated carbocycles. The number of nitrogens with zero attached hydrogens (tertiary/aromatic N) is 4. The highest BCUT2D eigenvalue weighted by atomic mass is 32.1. The zero-order valence-electron chi connectivity index (χ0n) is 34.0. The summed E-state index contributed by atoms with van der Waals surface area (Å²) in [6, 6.07) is 69.8. The van der Waals surface area contributed by atoms with Gasteiger partial charge < -0.3 is 4.57 Å². The second-order valence-electron chi connectivity index (χ2n) is 16.3. The summed E-state index contributed by atoms with van der Waals surface area (Å²) in [4.78, 5) is 15.3. The SMILES string of the molecule is c1ccc(-c2nc(-c3ccccc3)nc(-c3cccc4c3sc3c(-n5c6ccccc6c6cc(-c7cccc8c7sc7c8ccc8c9ccccc9sc87)ccc65)cccc34)n2)cc1. The van der Waals surface area contributed by atoms with Gasteiger partial charge in [-0.25, -0.2) is 15.0 Å². The van der Waals surface area contributed by atoms with Crippen LogP contribution in [0.1, 0.15) is 0 Å². The van der Waals surface area contributed by atoms with Crippen molar-refractivity contribution in [3.63, 3.8) is 0 Å². The normalized spacial score (nSPS) is 12.1. The van der Waals surface area contributed by atoms with Gasteiger partial charge >= 0.3 is 0 Å². The Morgan fingerprint density at radius 1 is 0.297 bits per heavy atom. The number of hydrogen-bond acceptors (Lipinski definition) is 6. The van der Waals surface area contributed by atoms with Crippen molar-refractivity contribution in [1.82, 2.24) is 19.5 Å². The van der Waals surface area contributed by atoms with Crippen LogP contribution in [0.4, 0.5) is 0 Å². The van der Waals surface area contributed by atoms with Gasteiger partial charge in [0.15, 0.2) is 17.5 Å². The number of aromatic nitrogens is 4. The van der Waals surface area contributed by atoms with E-state index in [0.717, 1.165) is 27.1 Å². The van der Waals surface area contributed by atoms with Gasteiger partial charge in [0, 0.05) is 73.9 Å². The van der Waals surface area contributed by atoms with E-state index in [-0.39, 0.29) is 0 Å². The first-order valence-electron chi connectivity index (χ1n) is 21.3. The molecular weight excluding hydrogens is 837 g/mol. The molecule has 0 fully saturated rings. The lowest BCUT2D eigenvalue weighted by Crippen LogP contribution is -2.00. The molecule has 0 atom stereocenters. The molecule has 0 bridgehead atoms. The van der Waals surface area contributed by atoms with Gasteiger partial charge in [-0.15, -0.1) is 34.0 Å². The van der Waals surface area contributed by atoms with E-state index in [2.05, 4.69) is 162 Å². The van der Waals surface area contributed by atoms with Gasteiger partial charge in [-0.2, -0.15) is 0 Å². The molecule has 7 heteroatoms. The largest absolute Gasteiger partial charge is 0.308 e. The van der Waals surface area contributed by atoms with E-state index in [9.17, 15) is 0 Å². The van der Waals surface area contributed by atoms with E-state index in [1.807, 2.05) is 70.4 Å². The highest BCUT2D eigenvalue weighted by molar-refractivity contribution is 7.33. The third-order valence-corrected chi connectivity index (χ3v) is 16.6. The smallest absolute Gasteiger partial charge is 0.165 e. The van der Waals surface area contributed by atoms with Crippen molar-refractivity contribution in [1.29, 1.82) is 0 Å². The zero-order chi connectivity index (χ0) is 41.9. The summed E-state index contributed by atoms with van der Waals surface area (Å²) in [6.07, 6.45) is 0. The van der Waals surface area contributed by atoms with Crippen LogP contribution >= 0.6 is 34.0 Å². The van der Waals surface area contributed by atoms with Crippen LogP contribution in [0.5, 0.6) is 0 Å². The van der Waals surface area contributed by atoms with Crippen LogP contribution in [0.25, 0.3) is 133 Å². The minimum absolute atomic E-state index is 0.657. The predicted octanol–water partition coefficient (Wildman–Crippen LogP) is 16.7. The molecule has 0 spiro atoms. The fourth-order valence-electron chi connectivity index (χ4n) is 9.75. The van der Waals surface area contributed by atoms with E-state index >= 15 is 0 Å². The van der Waals surface area contributed by atoms with Gasteiger partial charge in [0.05, 0.1) is 30.8 Å². The number of rotatable bonds is 5. The summed E-state index contributed by atoms with van der Waals surface area (Å²) in [6.45, 7) is 0. The first-order chi connectivity index (χ1) is 31.7. The molecule has 0 unspecified atom stereocenters. The van der Waals surface area contributed by atoms with Crippen LogP contribution < -0.4 is 0 Å². The summed E-state index contributed by atoms with van der Waals surface area (Å²) in [5.74, 6) is 1.98. The summed E-state index contributed by atoms with van der Waals surface area (Å²) in [7, 11) is 0. The molecule has 5 aromatic heterocycles. The highest BCUT2D eigenvalue weighted by Crippen LogP contribution is 2.48. The number of thiophene rings is 3. The van der Waals surface area contributed by atoms with Gasteiger partial charge in [0.25, 0.3) is 0 Å². The Hall–Kier alpha value is -7.55. The maximum Gasteiger partial charge on any atom is 0.165 e. The van der Waals surface area contributed by atoms with E-state index in [1.165, 1.54) is 88.7 Å². The average Bonchev–Trinajstić information content (AvgIpc) is 4.13. The quantitative estimate of drug-likeness (QED) is 0.173. The minimum Gasteiger partial charge on any atom is -0.308 e. The van der Waals surface area contributed by atoms with Gasteiger partial charge in [-0.1, -0.05) is 158 Å². The molecule has 298 valence electrons. The number of para-hydroxylation sites is 1. The van der Waals surface area contributed by atoms with Gasteiger partial charge in [0.2, 0.25) is 0 Å². The van der Waals surface area contributed by atoms with E-state index in [0.29, 0.717) is 17.5 Å². The molecule has 0 aliphatic heterocycles. The fraction of sp³-hybridized carbons (Fsp3) is 0. The summed E-state index contributed by atoms with van der Waals surface area (Å²) < 4.78 is 10.3. The summed E-state index contributed by atoms with van der Waals surface area (Å²) >= 11 is 5.66. The first kappa shape index (κ1) is 36.0. The lowest BCUT2D eigenvalue weighted by molar-refractivity contribution is 1.08. The predicted molar refractivity (Wildman–Crippen MR) is 275 cm³/mol. The van der Waals surface area contributed by atoms with Crippen LogP contribution in [-0.4, -0.2) is 19.5 Å². The number of benzene rings is 9. The van der Waals surface area contributed by atoms with Gasteiger partial charge in [0.1, 0.15) is 0 Å². The number of hydrogen-bond donors (Lipinski definition) is 0. The molecule has 0 radical (unpaired) electrons. The summed E-state index contributed by atoms with van der Waals surface area (Å²) in [5.41, 5.74) is 8.94. The Morgan fingerprint density at radius 2 is 0.812 bits per heavy atom. The lowest BCUT2D eigenvalue weighted by Gasteiger charge is -2.10. The Morgan fingerprint density at radius 3 is 1.56 bits per heavy atom. The molecule has 4 nitrogen and oxygen atoms in total. The third kappa shape index (κ3) is 5.35. The molecule has 14 aromatic rings. The molecule has 14 rings (SSSR count). The van der Waals surface area contributed by atoms with Crippen molar-refractivity contribution >= 4 is 116 Å². The first-order valence-corrected chi connectivity index (χ1v) is 23.8. The highest BCUT2D eigenvalue weighted by Gasteiger charge is 2.21. The molecule has 0 saturated heterocycles. The molecule has 5 heterocycles. The molecule has 0 N–H and O–H groups in total. The van der Waals surface area contributed by atoms with Crippen molar-refractivity contribution in [3.05, 3.63) is 194 Å². The van der Waals surface area contributed by atoms with E-state index in [4.69, 9.17) is 15.0 Å². The molecule has 9 aromatic carbocycles. The van der Waals surface area contributed by atoms with Crippen molar-refractivity contribution in [2.45, 2.75) is 0 Å². The molecular formula is C57H32N4S3. The lowest BCUT2D eigenvalue weighted by atomic mass is 10.0. The minimum atomic E-state index is 0.657. The second kappa shape index (κ2) is 14.0. The maximum atomic E-state index is 5.14. The molecule has 0 aliphatic carbocycles. The van der Waals surface area contributed by atoms with Crippen LogP contribution in [0.3, 0.4) is 0 Å².